The maximum atomic E-state index is 14.5. The first-order chi connectivity index (χ1) is 21.6. The molecule has 45 heavy (non-hydrogen) atoms. The van der Waals surface area contributed by atoms with Gasteiger partial charge in [0.2, 0.25) is 11.8 Å². The first kappa shape index (κ1) is 33.3. The Labute approximate surface area is 266 Å². The van der Waals surface area contributed by atoms with Gasteiger partial charge in [-0.3, -0.25) is 13.9 Å². The number of hydrogen-bond donors (Lipinski definition) is 1. The summed E-state index contributed by atoms with van der Waals surface area (Å²) in [6, 6.07) is 29.5. The maximum absolute atomic E-state index is 14.5. The Hall–Kier alpha value is -4.63. The van der Waals surface area contributed by atoms with Crippen molar-refractivity contribution in [3.63, 3.8) is 0 Å². The van der Waals surface area contributed by atoms with Gasteiger partial charge in [0.1, 0.15) is 18.3 Å². The smallest absolute Gasteiger partial charge is 0.264 e. The highest BCUT2D eigenvalue weighted by Crippen LogP contribution is 2.32. The van der Waals surface area contributed by atoms with E-state index in [1.165, 1.54) is 24.1 Å². The Kier molecular flexibility index (Phi) is 11.4. The molecule has 4 aromatic rings. The highest BCUT2D eigenvalue weighted by molar-refractivity contribution is 7.92. The lowest BCUT2D eigenvalue weighted by atomic mass is 10.0. The fourth-order valence-electron chi connectivity index (χ4n) is 5.00. The first-order valence-electron chi connectivity index (χ1n) is 15.0. The monoisotopic (exact) mass is 627 g/mol. The van der Waals surface area contributed by atoms with E-state index in [9.17, 15) is 18.0 Å². The third kappa shape index (κ3) is 8.51. The molecule has 9 heteroatoms. The van der Waals surface area contributed by atoms with E-state index < -0.39 is 28.5 Å². The summed E-state index contributed by atoms with van der Waals surface area (Å²) in [6.45, 7) is 5.82. The van der Waals surface area contributed by atoms with E-state index in [1.54, 1.807) is 36.4 Å². The van der Waals surface area contributed by atoms with Crippen LogP contribution in [0.25, 0.3) is 0 Å². The van der Waals surface area contributed by atoms with Crippen LogP contribution in [0.1, 0.15) is 35.6 Å². The summed E-state index contributed by atoms with van der Waals surface area (Å²) in [6.07, 6.45) is 0.986. The van der Waals surface area contributed by atoms with Crippen molar-refractivity contribution in [2.45, 2.75) is 51.1 Å². The number of carbonyl (C=O) groups is 2. The molecule has 0 aliphatic heterocycles. The number of para-hydroxylation sites is 2. The Morgan fingerprint density at radius 3 is 2.02 bits per heavy atom. The van der Waals surface area contributed by atoms with Crippen molar-refractivity contribution in [2.75, 3.05) is 24.5 Å². The van der Waals surface area contributed by atoms with Crippen molar-refractivity contribution >= 4 is 27.5 Å². The lowest BCUT2D eigenvalue weighted by molar-refractivity contribution is -0.140. The molecule has 0 aliphatic rings. The van der Waals surface area contributed by atoms with E-state index >= 15 is 0 Å². The highest BCUT2D eigenvalue weighted by Gasteiger charge is 2.35. The number of aryl methyl sites for hydroxylation is 2. The minimum absolute atomic E-state index is 0.0402. The van der Waals surface area contributed by atoms with Gasteiger partial charge >= 0.3 is 0 Å². The number of nitrogens with zero attached hydrogens (tertiary/aromatic N) is 2. The molecular weight excluding hydrogens is 586 g/mol. The third-order valence-electron chi connectivity index (χ3n) is 7.54. The predicted molar refractivity (Wildman–Crippen MR) is 178 cm³/mol. The van der Waals surface area contributed by atoms with Gasteiger partial charge in [-0.2, -0.15) is 0 Å². The quantitative estimate of drug-likeness (QED) is 0.194. The Balaban J connectivity index is 1.82. The van der Waals surface area contributed by atoms with E-state index in [1.807, 2.05) is 75.4 Å². The van der Waals surface area contributed by atoms with Crippen LogP contribution in [0.2, 0.25) is 0 Å². The molecule has 0 heterocycles. The molecule has 4 rings (SSSR count). The van der Waals surface area contributed by atoms with Gasteiger partial charge in [-0.15, -0.1) is 0 Å². The van der Waals surface area contributed by atoms with Crippen LogP contribution in [0.3, 0.4) is 0 Å². The molecule has 4 aromatic carbocycles. The molecule has 8 nitrogen and oxygen atoms in total. The van der Waals surface area contributed by atoms with Crippen LogP contribution in [-0.2, 0) is 32.6 Å². The average Bonchev–Trinajstić information content (AvgIpc) is 3.05. The third-order valence-corrected chi connectivity index (χ3v) is 9.31. The van der Waals surface area contributed by atoms with Gasteiger partial charge in [0.05, 0.1) is 17.7 Å². The number of benzene rings is 4. The Bertz CT molecular complexity index is 1670. The summed E-state index contributed by atoms with van der Waals surface area (Å²) < 4.78 is 35.1. The lowest BCUT2D eigenvalue weighted by Crippen LogP contribution is -2.53. The molecule has 1 atom stereocenters. The van der Waals surface area contributed by atoms with Gasteiger partial charge < -0.3 is 15.0 Å². The fraction of sp³-hybridized carbons (Fsp3) is 0.278. The van der Waals surface area contributed by atoms with Gasteiger partial charge in [0.15, 0.2) is 0 Å². The van der Waals surface area contributed by atoms with Crippen LogP contribution in [0.5, 0.6) is 5.75 Å². The van der Waals surface area contributed by atoms with Gasteiger partial charge in [0, 0.05) is 19.5 Å². The summed E-state index contributed by atoms with van der Waals surface area (Å²) in [5.74, 6) is -0.524. The van der Waals surface area contributed by atoms with Gasteiger partial charge in [-0.25, -0.2) is 8.42 Å². The molecule has 0 saturated carbocycles. The molecule has 0 fully saturated rings. The molecule has 236 valence electrons. The topological polar surface area (TPSA) is 96.0 Å². The first-order valence-corrected chi connectivity index (χ1v) is 16.5. The molecule has 0 aliphatic carbocycles. The number of sulfonamides is 1. The van der Waals surface area contributed by atoms with Crippen LogP contribution in [-0.4, -0.2) is 51.4 Å². The number of carbonyl (C=O) groups excluding carboxylic acids is 2. The van der Waals surface area contributed by atoms with Crippen molar-refractivity contribution in [3.05, 3.63) is 125 Å². The van der Waals surface area contributed by atoms with Crippen molar-refractivity contribution in [1.29, 1.82) is 0 Å². The largest absolute Gasteiger partial charge is 0.495 e. The molecule has 0 radical (unpaired) electrons. The number of ether oxygens (including phenoxy) is 1. The van der Waals surface area contributed by atoms with Crippen molar-refractivity contribution in [3.8, 4) is 5.75 Å². The minimum Gasteiger partial charge on any atom is -0.495 e. The zero-order valence-electron chi connectivity index (χ0n) is 26.3. The molecule has 0 spiro atoms. The summed E-state index contributed by atoms with van der Waals surface area (Å²) in [5, 5.41) is 2.96. The molecule has 0 saturated heterocycles. The second-order valence-corrected chi connectivity index (χ2v) is 12.9. The molecule has 0 bridgehead atoms. The second-order valence-electron chi connectivity index (χ2n) is 11.0. The Morgan fingerprint density at radius 2 is 1.40 bits per heavy atom. The summed E-state index contributed by atoms with van der Waals surface area (Å²) in [4.78, 5) is 29.8. The van der Waals surface area contributed by atoms with E-state index in [-0.39, 0.29) is 29.5 Å². The highest BCUT2D eigenvalue weighted by atomic mass is 32.2. The zero-order valence-corrected chi connectivity index (χ0v) is 27.1. The van der Waals surface area contributed by atoms with Crippen molar-refractivity contribution < 1.29 is 22.7 Å². The average molecular weight is 628 g/mol. The SMILES string of the molecule is CCCNC(=O)[C@@H](Cc1ccccc1)N(Cc1ccc(C)cc1)C(=O)CN(c1ccccc1OC)S(=O)(=O)c1ccc(C)cc1. The van der Waals surface area contributed by atoms with Crippen LogP contribution in [0.4, 0.5) is 5.69 Å². The number of nitrogens with one attached hydrogen (secondary N) is 1. The van der Waals surface area contributed by atoms with Gasteiger partial charge in [-0.1, -0.05) is 96.9 Å². The van der Waals surface area contributed by atoms with E-state index in [2.05, 4.69) is 5.32 Å². The number of amides is 2. The standard InChI is InChI=1S/C36H41N3O5S/c1-5-23-37-36(41)33(24-29-11-7-6-8-12-29)38(25-30-19-15-27(2)16-20-30)35(40)26-39(32-13-9-10-14-34(32)44-4)45(42,43)31-21-17-28(3)18-22-31/h6-22,33H,5,23-26H2,1-4H3,(H,37,41)/t33-/m1/s1. The van der Waals surface area contributed by atoms with E-state index in [4.69, 9.17) is 4.74 Å². The lowest BCUT2D eigenvalue weighted by Gasteiger charge is -2.34. The molecule has 1 N–H and O–H groups in total. The predicted octanol–water partition coefficient (Wildman–Crippen LogP) is 5.67. The van der Waals surface area contributed by atoms with Crippen LogP contribution in [0.15, 0.2) is 108 Å². The van der Waals surface area contributed by atoms with Crippen LogP contribution >= 0.6 is 0 Å². The molecule has 0 aromatic heterocycles. The number of hydrogen-bond acceptors (Lipinski definition) is 5. The Morgan fingerprint density at radius 1 is 0.800 bits per heavy atom. The summed E-state index contributed by atoms with van der Waals surface area (Å²) in [5.41, 5.74) is 3.88. The fourth-order valence-corrected chi connectivity index (χ4v) is 6.42. The normalized spacial score (nSPS) is 11.8. The molecular formula is C36H41N3O5S. The zero-order chi connectivity index (χ0) is 32.4. The summed E-state index contributed by atoms with van der Waals surface area (Å²) in [7, 11) is -2.77. The van der Waals surface area contributed by atoms with Crippen LogP contribution in [0, 0.1) is 13.8 Å². The van der Waals surface area contributed by atoms with Crippen LogP contribution < -0.4 is 14.4 Å². The molecule has 0 unspecified atom stereocenters. The summed E-state index contributed by atoms with van der Waals surface area (Å²) >= 11 is 0. The second kappa shape index (κ2) is 15.4. The number of methoxy groups -OCH3 is 1. The van der Waals surface area contributed by atoms with E-state index in [0.29, 0.717) is 12.3 Å². The molecule has 2 amide bonds. The van der Waals surface area contributed by atoms with Crippen molar-refractivity contribution in [2.24, 2.45) is 0 Å². The van der Waals surface area contributed by atoms with Crippen molar-refractivity contribution in [1.82, 2.24) is 10.2 Å². The van der Waals surface area contributed by atoms with E-state index in [0.717, 1.165) is 33.0 Å². The van der Waals surface area contributed by atoms with Gasteiger partial charge in [0.25, 0.3) is 10.0 Å². The maximum Gasteiger partial charge on any atom is 0.264 e. The number of anilines is 1. The van der Waals surface area contributed by atoms with Gasteiger partial charge in [-0.05, 0) is 55.7 Å². The number of rotatable bonds is 14. The minimum atomic E-state index is -4.22.